The summed E-state index contributed by atoms with van der Waals surface area (Å²) in [7, 11) is 0. The Bertz CT molecular complexity index is 657. The average molecular weight is 405 g/mol. The van der Waals surface area contributed by atoms with E-state index in [1.165, 1.54) is 5.56 Å². The summed E-state index contributed by atoms with van der Waals surface area (Å²) in [5.41, 5.74) is 0.674. The van der Waals surface area contributed by atoms with Gasteiger partial charge in [-0.05, 0) is 45.6 Å². The number of benzene rings is 1. The van der Waals surface area contributed by atoms with E-state index < -0.39 is 5.60 Å². The van der Waals surface area contributed by atoms with Crippen molar-refractivity contribution >= 4 is 12.1 Å². The lowest BCUT2D eigenvalue weighted by Gasteiger charge is -2.32. The van der Waals surface area contributed by atoms with E-state index in [-0.39, 0.29) is 18.1 Å². The fourth-order valence-corrected chi connectivity index (χ4v) is 3.73. The number of rotatable bonds is 8. The van der Waals surface area contributed by atoms with Crippen LogP contribution >= 0.6 is 0 Å². The van der Waals surface area contributed by atoms with E-state index in [0.717, 1.165) is 13.0 Å². The third-order valence-corrected chi connectivity index (χ3v) is 4.91. The number of carbonyl (C=O) groups excluding carboxylic acids is 2. The maximum Gasteiger partial charge on any atom is 0.410 e. The smallest absolute Gasteiger partial charge is 0.410 e. The van der Waals surface area contributed by atoms with E-state index in [1.807, 2.05) is 50.8 Å². The fraction of sp³-hybridized carbons (Fsp3) is 0.652. The van der Waals surface area contributed by atoms with Gasteiger partial charge in [-0.15, -0.1) is 0 Å². The predicted octanol–water partition coefficient (Wildman–Crippen LogP) is 4.09. The highest BCUT2D eigenvalue weighted by Crippen LogP contribution is 2.26. The van der Waals surface area contributed by atoms with Crippen LogP contribution in [0.4, 0.5) is 4.79 Å². The van der Waals surface area contributed by atoms with Crippen molar-refractivity contribution in [3.8, 4) is 0 Å². The van der Waals surface area contributed by atoms with Crippen LogP contribution in [0.2, 0.25) is 0 Å². The number of likely N-dealkylation sites (tertiary alicyclic amines) is 1. The van der Waals surface area contributed by atoms with Crippen molar-refractivity contribution in [2.24, 2.45) is 5.92 Å². The summed E-state index contributed by atoms with van der Waals surface area (Å²) in [5, 5.41) is 0. The summed E-state index contributed by atoms with van der Waals surface area (Å²) in [5.74, 6) is 0.241. The Labute approximate surface area is 175 Å². The minimum atomic E-state index is -0.513. The number of amides is 1. The lowest BCUT2D eigenvalue weighted by molar-refractivity contribution is -0.143. The van der Waals surface area contributed by atoms with Gasteiger partial charge in [-0.3, -0.25) is 9.69 Å². The van der Waals surface area contributed by atoms with Crippen molar-refractivity contribution in [1.29, 1.82) is 0 Å². The number of hydrogen-bond acceptors (Lipinski definition) is 5. The Kier molecular flexibility index (Phi) is 8.50. The van der Waals surface area contributed by atoms with Crippen LogP contribution in [0.1, 0.15) is 53.0 Å². The maximum atomic E-state index is 12.7. The predicted molar refractivity (Wildman–Crippen MR) is 113 cm³/mol. The van der Waals surface area contributed by atoms with Crippen LogP contribution < -0.4 is 0 Å². The molecule has 162 valence electrons. The minimum Gasteiger partial charge on any atom is -0.466 e. The molecular formula is C23H36N2O4. The molecule has 1 aromatic rings. The number of ether oxygens (including phenoxy) is 2. The van der Waals surface area contributed by atoms with Crippen molar-refractivity contribution < 1.29 is 19.1 Å². The minimum absolute atomic E-state index is 0.0748. The first-order valence-electron chi connectivity index (χ1n) is 10.6. The second-order valence-electron chi connectivity index (χ2n) is 8.90. The van der Waals surface area contributed by atoms with E-state index in [0.29, 0.717) is 38.6 Å². The zero-order valence-electron chi connectivity index (χ0n) is 18.5. The first kappa shape index (κ1) is 23.2. The normalized spacial score (nSPS) is 19.4. The van der Waals surface area contributed by atoms with Gasteiger partial charge in [0.1, 0.15) is 5.60 Å². The molecule has 0 aromatic heterocycles. The monoisotopic (exact) mass is 404 g/mol. The van der Waals surface area contributed by atoms with Gasteiger partial charge in [-0.25, -0.2) is 4.79 Å². The summed E-state index contributed by atoms with van der Waals surface area (Å²) < 4.78 is 10.7. The van der Waals surface area contributed by atoms with Gasteiger partial charge in [0.25, 0.3) is 0 Å². The van der Waals surface area contributed by atoms with Crippen LogP contribution in [-0.2, 0) is 20.8 Å². The maximum absolute atomic E-state index is 12.7. The van der Waals surface area contributed by atoms with Gasteiger partial charge in [0.2, 0.25) is 0 Å². The van der Waals surface area contributed by atoms with Gasteiger partial charge >= 0.3 is 12.1 Å². The molecule has 0 radical (unpaired) electrons. The Morgan fingerprint density at radius 2 is 1.90 bits per heavy atom. The summed E-state index contributed by atoms with van der Waals surface area (Å²) in [4.78, 5) is 28.7. The molecule has 1 amide bonds. The number of hydrogen-bond donors (Lipinski definition) is 0. The van der Waals surface area contributed by atoms with Crippen molar-refractivity contribution in [2.45, 2.75) is 65.6 Å². The standard InChI is InChI=1S/C23H36N2O4/c1-6-28-21(26)12-13-24(16-19-10-8-7-9-11-19)17-20-14-18(2)15-25(20)22(27)29-23(3,4)5/h7-11,18,20H,6,12-17H2,1-5H3/t18-,20?/m1/s1. The molecule has 0 bridgehead atoms. The Hall–Kier alpha value is -2.08. The van der Waals surface area contributed by atoms with Crippen LogP contribution in [0.3, 0.4) is 0 Å². The summed E-state index contributed by atoms with van der Waals surface area (Å²) in [6.07, 6.45) is 1.02. The van der Waals surface area contributed by atoms with Crippen LogP contribution in [0.25, 0.3) is 0 Å². The topological polar surface area (TPSA) is 59.1 Å². The largest absolute Gasteiger partial charge is 0.466 e. The average Bonchev–Trinajstić information content (AvgIpc) is 3.00. The van der Waals surface area contributed by atoms with E-state index >= 15 is 0 Å². The second kappa shape index (κ2) is 10.6. The molecule has 1 saturated heterocycles. The molecule has 1 aromatic carbocycles. The molecule has 0 saturated carbocycles. The third kappa shape index (κ3) is 8.05. The molecule has 1 aliphatic rings. The molecule has 2 rings (SSSR count). The van der Waals surface area contributed by atoms with E-state index in [2.05, 4.69) is 24.0 Å². The summed E-state index contributed by atoms with van der Waals surface area (Å²) in [6, 6.07) is 10.3. The van der Waals surface area contributed by atoms with Gasteiger partial charge in [0.05, 0.1) is 13.0 Å². The molecule has 0 N–H and O–H groups in total. The Balaban J connectivity index is 2.07. The zero-order valence-corrected chi connectivity index (χ0v) is 18.5. The molecule has 0 aliphatic carbocycles. The highest BCUT2D eigenvalue weighted by molar-refractivity contribution is 5.69. The van der Waals surface area contributed by atoms with Crippen LogP contribution in [0.5, 0.6) is 0 Å². The summed E-state index contributed by atoms with van der Waals surface area (Å²) in [6.45, 7) is 12.8. The van der Waals surface area contributed by atoms with Gasteiger partial charge in [0.15, 0.2) is 0 Å². The molecule has 1 aliphatic heterocycles. The fourth-order valence-electron chi connectivity index (χ4n) is 3.73. The van der Waals surface area contributed by atoms with Crippen molar-refractivity contribution in [2.75, 3.05) is 26.2 Å². The van der Waals surface area contributed by atoms with Gasteiger partial charge in [0, 0.05) is 32.2 Å². The first-order valence-corrected chi connectivity index (χ1v) is 10.6. The van der Waals surface area contributed by atoms with Crippen molar-refractivity contribution in [3.63, 3.8) is 0 Å². The van der Waals surface area contributed by atoms with E-state index in [9.17, 15) is 9.59 Å². The molecule has 1 unspecified atom stereocenters. The first-order chi connectivity index (χ1) is 13.7. The number of nitrogens with zero attached hydrogens (tertiary/aromatic N) is 2. The van der Waals surface area contributed by atoms with Crippen molar-refractivity contribution in [3.05, 3.63) is 35.9 Å². The zero-order chi connectivity index (χ0) is 21.4. The SMILES string of the molecule is CCOC(=O)CCN(Cc1ccccc1)CC1C[C@@H](C)CN1C(=O)OC(C)(C)C. The molecule has 2 atom stereocenters. The third-order valence-electron chi connectivity index (χ3n) is 4.91. The number of esters is 1. The molecule has 6 heteroatoms. The second-order valence-corrected chi connectivity index (χ2v) is 8.90. The van der Waals surface area contributed by atoms with E-state index in [1.54, 1.807) is 0 Å². The molecule has 1 heterocycles. The quantitative estimate of drug-likeness (QED) is 0.611. The van der Waals surface area contributed by atoms with Gasteiger partial charge in [-0.2, -0.15) is 0 Å². The van der Waals surface area contributed by atoms with Crippen molar-refractivity contribution in [1.82, 2.24) is 9.80 Å². The highest BCUT2D eigenvalue weighted by atomic mass is 16.6. The molecule has 29 heavy (non-hydrogen) atoms. The molecular weight excluding hydrogens is 368 g/mol. The van der Waals surface area contributed by atoms with Gasteiger partial charge < -0.3 is 14.4 Å². The lowest BCUT2D eigenvalue weighted by atomic mass is 10.1. The summed E-state index contributed by atoms with van der Waals surface area (Å²) >= 11 is 0. The van der Waals surface area contributed by atoms with Crippen LogP contribution in [0.15, 0.2) is 30.3 Å². The number of carbonyl (C=O) groups is 2. The molecule has 6 nitrogen and oxygen atoms in total. The Morgan fingerprint density at radius 1 is 1.21 bits per heavy atom. The molecule has 0 spiro atoms. The van der Waals surface area contributed by atoms with Crippen LogP contribution in [0, 0.1) is 5.92 Å². The highest BCUT2D eigenvalue weighted by Gasteiger charge is 2.36. The van der Waals surface area contributed by atoms with E-state index in [4.69, 9.17) is 9.47 Å². The molecule has 1 fully saturated rings. The lowest BCUT2D eigenvalue weighted by Crippen LogP contribution is -2.45. The van der Waals surface area contributed by atoms with Gasteiger partial charge in [-0.1, -0.05) is 37.3 Å². The Morgan fingerprint density at radius 3 is 2.52 bits per heavy atom. The van der Waals surface area contributed by atoms with Crippen LogP contribution in [-0.4, -0.2) is 59.7 Å².